The van der Waals surface area contributed by atoms with Gasteiger partial charge in [-0.05, 0) is 40.9 Å². The number of nitrogen functional groups attached to an aromatic ring is 1. The van der Waals surface area contributed by atoms with Crippen molar-refractivity contribution >= 4 is 50.6 Å². The SMILES string of the molecule is Cc1ccc(-c2cc(-c3ccc(Cl)cc3)nc3sc(/C([O-])=N/c4c[n+](C5CC5)no4)c(N)c23)cc1. The number of rotatable bonds is 5. The molecule has 0 aliphatic heterocycles. The predicted molar refractivity (Wildman–Crippen MR) is 136 cm³/mol. The normalized spacial score (nSPS) is 14.1. The van der Waals surface area contributed by atoms with Crippen LogP contribution in [0.3, 0.4) is 0 Å². The van der Waals surface area contributed by atoms with Gasteiger partial charge in [0.1, 0.15) is 4.83 Å². The third kappa shape index (κ3) is 4.15. The van der Waals surface area contributed by atoms with Crippen molar-refractivity contribution in [2.24, 2.45) is 4.99 Å². The maximum absolute atomic E-state index is 13.1. The van der Waals surface area contributed by atoms with E-state index in [2.05, 4.69) is 10.3 Å². The van der Waals surface area contributed by atoms with Gasteiger partial charge in [0.05, 0.1) is 16.3 Å². The van der Waals surface area contributed by atoms with Crippen LogP contribution in [0.5, 0.6) is 0 Å². The van der Waals surface area contributed by atoms with E-state index in [1.54, 1.807) is 10.9 Å². The first kappa shape index (κ1) is 21.8. The van der Waals surface area contributed by atoms with Crippen molar-refractivity contribution in [1.29, 1.82) is 0 Å². The Morgan fingerprint density at radius 2 is 1.86 bits per heavy atom. The largest absolute Gasteiger partial charge is 0.857 e. The Bertz CT molecular complexity index is 1590. The van der Waals surface area contributed by atoms with Crippen LogP contribution in [0, 0.1) is 6.92 Å². The highest BCUT2D eigenvalue weighted by atomic mass is 35.5. The lowest BCUT2D eigenvalue weighted by Gasteiger charge is -2.10. The summed E-state index contributed by atoms with van der Waals surface area (Å²) in [5.74, 6) is -0.320. The molecule has 9 heteroatoms. The minimum absolute atomic E-state index is 0.160. The van der Waals surface area contributed by atoms with Crippen LogP contribution in [0.15, 0.2) is 70.3 Å². The van der Waals surface area contributed by atoms with Crippen LogP contribution >= 0.6 is 22.9 Å². The second kappa shape index (κ2) is 8.48. The molecule has 0 amide bonds. The number of aromatic nitrogens is 3. The molecule has 2 aromatic carbocycles. The van der Waals surface area contributed by atoms with Crippen molar-refractivity contribution in [2.75, 3.05) is 5.73 Å². The second-order valence-corrected chi connectivity index (χ2v) is 10.1. The Labute approximate surface area is 210 Å². The van der Waals surface area contributed by atoms with E-state index in [0.717, 1.165) is 46.2 Å². The molecule has 0 spiro atoms. The zero-order valence-corrected chi connectivity index (χ0v) is 20.3. The summed E-state index contributed by atoms with van der Waals surface area (Å²) in [5, 5.41) is 18.4. The average Bonchev–Trinajstić information content (AvgIpc) is 3.51. The van der Waals surface area contributed by atoms with E-state index in [1.807, 2.05) is 61.5 Å². The molecule has 5 aromatic rings. The van der Waals surface area contributed by atoms with Crippen molar-refractivity contribution < 1.29 is 14.3 Å². The lowest BCUT2D eigenvalue weighted by molar-refractivity contribution is -0.765. The molecule has 35 heavy (non-hydrogen) atoms. The van der Waals surface area contributed by atoms with Crippen LogP contribution in [0.25, 0.3) is 32.6 Å². The molecule has 0 saturated heterocycles. The highest BCUT2D eigenvalue weighted by Gasteiger charge is 2.35. The van der Waals surface area contributed by atoms with Crippen molar-refractivity contribution in [3.05, 3.63) is 76.3 Å². The van der Waals surface area contributed by atoms with E-state index in [4.69, 9.17) is 26.8 Å². The molecule has 0 unspecified atom stereocenters. The van der Waals surface area contributed by atoms with E-state index >= 15 is 0 Å². The summed E-state index contributed by atoms with van der Waals surface area (Å²) in [5.41, 5.74) is 11.6. The average molecular weight is 502 g/mol. The van der Waals surface area contributed by atoms with Crippen molar-refractivity contribution in [1.82, 2.24) is 10.3 Å². The first-order chi connectivity index (χ1) is 17.0. The summed E-state index contributed by atoms with van der Waals surface area (Å²) in [6, 6.07) is 18.0. The standard InChI is InChI=1S/C26H20ClN5O2S/c1-14-2-4-15(5-3-14)19-12-20(16-6-8-17(27)9-7-16)29-26-22(19)23(28)24(35-26)25(33)30-21-13-32(31-34-21)18-10-11-18/h2-9,12-13,18H,10-11H2,1H3,(H2-,28,30,31,33). The van der Waals surface area contributed by atoms with Crippen LogP contribution in [-0.2, 0) is 0 Å². The van der Waals surface area contributed by atoms with Gasteiger partial charge in [-0.15, -0.1) is 11.3 Å². The molecule has 3 aromatic heterocycles. The van der Waals surface area contributed by atoms with Gasteiger partial charge in [-0.3, -0.25) is 4.52 Å². The number of thiophene rings is 1. The maximum atomic E-state index is 13.1. The first-order valence-corrected chi connectivity index (χ1v) is 12.4. The first-order valence-electron chi connectivity index (χ1n) is 11.2. The number of aliphatic imine (C=N–C) groups is 1. The van der Waals surface area contributed by atoms with Crippen LogP contribution < -0.4 is 15.5 Å². The zero-order valence-electron chi connectivity index (χ0n) is 18.7. The number of hydrogen-bond donors (Lipinski definition) is 1. The molecule has 6 rings (SSSR count). The number of pyridine rings is 1. The van der Waals surface area contributed by atoms with Crippen LogP contribution in [0.4, 0.5) is 11.6 Å². The van der Waals surface area contributed by atoms with E-state index in [0.29, 0.717) is 26.5 Å². The summed E-state index contributed by atoms with van der Waals surface area (Å²) in [6.45, 7) is 2.04. The van der Waals surface area contributed by atoms with Crippen molar-refractivity contribution in [3.63, 3.8) is 0 Å². The molecule has 1 aliphatic rings. The quantitative estimate of drug-likeness (QED) is 0.202. The van der Waals surface area contributed by atoms with Gasteiger partial charge in [-0.1, -0.05) is 53.6 Å². The van der Waals surface area contributed by atoms with Gasteiger partial charge >= 0.3 is 5.88 Å². The van der Waals surface area contributed by atoms with Gasteiger partial charge in [-0.25, -0.2) is 9.98 Å². The van der Waals surface area contributed by atoms with Crippen LogP contribution in [-0.4, -0.2) is 16.2 Å². The minimum atomic E-state index is -0.479. The van der Waals surface area contributed by atoms with Crippen molar-refractivity contribution in [3.8, 4) is 22.4 Å². The number of anilines is 1. The van der Waals surface area contributed by atoms with Gasteiger partial charge in [-0.2, -0.15) is 0 Å². The Morgan fingerprint density at radius 3 is 2.57 bits per heavy atom. The summed E-state index contributed by atoms with van der Waals surface area (Å²) in [6.07, 6.45) is 3.75. The topological polar surface area (TPSA) is 104 Å². The lowest BCUT2D eigenvalue weighted by atomic mass is 9.99. The third-order valence-electron chi connectivity index (χ3n) is 6.00. The molecule has 0 radical (unpaired) electrons. The summed E-state index contributed by atoms with van der Waals surface area (Å²) in [7, 11) is 0. The number of benzene rings is 2. The van der Waals surface area contributed by atoms with Crippen molar-refractivity contribution in [2.45, 2.75) is 25.8 Å². The molecule has 1 saturated carbocycles. The Morgan fingerprint density at radius 1 is 1.14 bits per heavy atom. The molecule has 0 bridgehead atoms. The summed E-state index contributed by atoms with van der Waals surface area (Å²) in [4.78, 5) is 9.95. The fourth-order valence-corrected chi connectivity index (χ4v) is 5.10. The van der Waals surface area contributed by atoms with Gasteiger partial charge in [0, 0.05) is 34.7 Å². The number of halogens is 1. The van der Waals surface area contributed by atoms with Gasteiger partial charge in [0.2, 0.25) is 5.27 Å². The molecular formula is C26H20ClN5O2S. The predicted octanol–water partition coefficient (Wildman–Crippen LogP) is 5.22. The van der Waals surface area contributed by atoms with E-state index in [-0.39, 0.29) is 5.88 Å². The molecule has 174 valence electrons. The monoisotopic (exact) mass is 501 g/mol. The van der Waals surface area contributed by atoms with Crippen LogP contribution in [0.2, 0.25) is 5.02 Å². The highest BCUT2D eigenvalue weighted by molar-refractivity contribution is 7.21. The molecule has 0 atom stereocenters. The van der Waals surface area contributed by atoms with E-state index in [9.17, 15) is 5.11 Å². The molecule has 1 fully saturated rings. The summed E-state index contributed by atoms with van der Waals surface area (Å²) >= 11 is 7.31. The van der Waals surface area contributed by atoms with E-state index in [1.165, 1.54) is 11.3 Å². The second-order valence-electron chi connectivity index (χ2n) is 8.62. The maximum Gasteiger partial charge on any atom is 0.320 e. The van der Waals surface area contributed by atoms with Gasteiger partial charge < -0.3 is 10.8 Å². The van der Waals surface area contributed by atoms with E-state index < -0.39 is 5.90 Å². The van der Waals surface area contributed by atoms with Crippen LogP contribution in [0.1, 0.15) is 29.3 Å². The molecule has 3 heterocycles. The highest BCUT2D eigenvalue weighted by Crippen LogP contribution is 2.41. The fraction of sp³-hybridized carbons (Fsp3) is 0.154. The fourth-order valence-electron chi connectivity index (χ4n) is 3.97. The molecular weight excluding hydrogens is 482 g/mol. The molecule has 1 aliphatic carbocycles. The number of aryl methyl sites for hydroxylation is 1. The number of fused-ring (bicyclic) bond motifs is 1. The minimum Gasteiger partial charge on any atom is -0.857 e. The smallest absolute Gasteiger partial charge is 0.320 e. The molecule has 2 N–H and O–H groups in total. The number of nitrogens with two attached hydrogens (primary N) is 1. The Balaban J connectivity index is 1.51. The molecule has 7 nitrogen and oxygen atoms in total. The Kier molecular flexibility index (Phi) is 5.27. The lowest BCUT2D eigenvalue weighted by Crippen LogP contribution is -2.32. The zero-order chi connectivity index (χ0) is 24.1. The van der Waals surface area contributed by atoms with Gasteiger partial charge in [0.25, 0.3) is 6.20 Å². The third-order valence-corrected chi connectivity index (χ3v) is 7.34. The number of nitrogens with zero attached hydrogens (tertiary/aromatic N) is 4. The Hall–Kier alpha value is -3.75. The number of hydrogen-bond acceptors (Lipinski definition) is 7. The van der Waals surface area contributed by atoms with Gasteiger partial charge in [0.15, 0.2) is 6.04 Å². The summed E-state index contributed by atoms with van der Waals surface area (Å²) < 4.78 is 6.93.